The Morgan fingerprint density at radius 1 is 1.33 bits per heavy atom. The van der Waals surface area contributed by atoms with Crippen LogP contribution in [0.5, 0.6) is 0 Å². The predicted octanol–water partition coefficient (Wildman–Crippen LogP) is 3.46. The van der Waals surface area contributed by atoms with E-state index >= 15 is 0 Å². The van der Waals surface area contributed by atoms with Gasteiger partial charge in [-0.05, 0) is 30.2 Å². The van der Waals surface area contributed by atoms with Crippen LogP contribution in [0.3, 0.4) is 0 Å². The van der Waals surface area contributed by atoms with Gasteiger partial charge in [0, 0.05) is 5.56 Å². The van der Waals surface area contributed by atoms with Gasteiger partial charge < -0.3 is 5.11 Å². The number of aromatic nitrogens is 2. The van der Waals surface area contributed by atoms with Crippen LogP contribution in [0.25, 0.3) is 11.3 Å². The first kappa shape index (κ1) is 12.8. The van der Waals surface area contributed by atoms with Crippen LogP contribution >= 0.6 is 23.2 Å². The Morgan fingerprint density at radius 2 is 2.06 bits per heavy atom. The summed E-state index contributed by atoms with van der Waals surface area (Å²) in [7, 11) is 0. The molecule has 0 radical (unpaired) electrons. The Labute approximate surface area is 113 Å². The number of carboxylic acid groups (broad SMARTS) is 1. The van der Waals surface area contributed by atoms with E-state index in [2.05, 4.69) is 9.97 Å². The molecule has 1 N–H and O–H groups in total. The van der Waals surface area contributed by atoms with Crippen molar-refractivity contribution >= 4 is 29.2 Å². The van der Waals surface area contributed by atoms with Gasteiger partial charge in [-0.1, -0.05) is 23.7 Å². The van der Waals surface area contributed by atoms with Crippen LogP contribution in [0.1, 0.15) is 15.9 Å². The van der Waals surface area contributed by atoms with Crippen LogP contribution in [-0.2, 0) is 0 Å². The average molecular weight is 283 g/mol. The molecule has 0 unspecified atom stereocenters. The summed E-state index contributed by atoms with van der Waals surface area (Å²) in [6.07, 6.45) is 1.38. The number of carboxylic acids is 1. The molecule has 2 rings (SSSR count). The number of hydrogen-bond acceptors (Lipinski definition) is 3. The van der Waals surface area contributed by atoms with E-state index in [1.165, 1.54) is 12.3 Å². The molecular weight excluding hydrogens is 275 g/mol. The van der Waals surface area contributed by atoms with Crippen molar-refractivity contribution < 1.29 is 9.90 Å². The summed E-state index contributed by atoms with van der Waals surface area (Å²) >= 11 is 11.7. The van der Waals surface area contributed by atoms with E-state index in [4.69, 9.17) is 28.3 Å². The van der Waals surface area contributed by atoms with E-state index in [0.29, 0.717) is 21.8 Å². The fourth-order valence-electron chi connectivity index (χ4n) is 1.55. The lowest BCUT2D eigenvalue weighted by Crippen LogP contribution is -2.00. The summed E-state index contributed by atoms with van der Waals surface area (Å²) in [6, 6.07) is 4.96. The quantitative estimate of drug-likeness (QED) is 0.857. The molecule has 0 amide bonds. The zero-order valence-electron chi connectivity index (χ0n) is 9.32. The number of halogens is 2. The highest BCUT2D eigenvalue weighted by atomic mass is 35.5. The van der Waals surface area contributed by atoms with Crippen molar-refractivity contribution in [1.82, 2.24) is 9.97 Å². The summed E-state index contributed by atoms with van der Waals surface area (Å²) in [5, 5.41) is 9.45. The number of aryl methyl sites for hydroxylation is 1. The van der Waals surface area contributed by atoms with Crippen LogP contribution in [0, 0.1) is 6.92 Å². The van der Waals surface area contributed by atoms with E-state index in [1.54, 1.807) is 19.1 Å². The normalized spacial score (nSPS) is 10.4. The maximum Gasteiger partial charge on any atom is 0.335 e. The minimum Gasteiger partial charge on any atom is -0.478 e. The van der Waals surface area contributed by atoms with Gasteiger partial charge in [-0.3, -0.25) is 0 Å². The Balaban J connectivity index is 2.61. The van der Waals surface area contributed by atoms with Crippen LogP contribution in [0.2, 0.25) is 10.3 Å². The fraction of sp³-hybridized carbons (Fsp3) is 0.0833. The monoisotopic (exact) mass is 282 g/mol. The highest BCUT2D eigenvalue weighted by molar-refractivity contribution is 6.33. The third kappa shape index (κ3) is 2.44. The van der Waals surface area contributed by atoms with Crippen LogP contribution in [-0.4, -0.2) is 21.0 Å². The first-order valence-corrected chi connectivity index (χ1v) is 5.77. The number of rotatable bonds is 2. The summed E-state index contributed by atoms with van der Waals surface area (Å²) in [5.41, 5.74) is 1.88. The second kappa shape index (κ2) is 4.92. The van der Waals surface area contributed by atoms with E-state index in [1.807, 2.05) is 0 Å². The minimum atomic E-state index is -0.995. The number of nitrogens with zero attached hydrogens (tertiary/aromatic N) is 2. The number of carbonyl (C=O) groups is 1. The molecule has 0 bridgehead atoms. The lowest BCUT2D eigenvalue weighted by Gasteiger charge is -2.06. The number of benzene rings is 1. The number of hydrogen-bond donors (Lipinski definition) is 1. The molecular formula is C12H8Cl2N2O2. The molecule has 0 aliphatic carbocycles. The molecule has 1 aromatic carbocycles. The molecule has 1 heterocycles. The summed E-state index contributed by atoms with van der Waals surface area (Å²) in [4.78, 5) is 18.8. The Hall–Kier alpha value is -1.65. The topological polar surface area (TPSA) is 63.1 Å². The van der Waals surface area contributed by atoms with Crippen LogP contribution in [0.4, 0.5) is 0 Å². The van der Waals surface area contributed by atoms with Crippen molar-refractivity contribution in [2.75, 3.05) is 0 Å². The van der Waals surface area contributed by atoms with Gasteiger partial charge in [0.15, 0.2) is 0 Å². The van der Waals surface area contributed by atoms with Gasteiger partial charge in [-0.2, -0.15) is 0 Å². The molecule has 18 heavy (non-hydrogen) atoms. The molecule has 0 saturated heterocycles. The van der Waals surface area contributed by atoms with E-state index in [-0.39, 0.29) is 10.8 Å². The van der Waals surface area contributed by atoms with Gasteiger partial charge in [0.05, 0.1) is 22.5 Å². The minimum absolute atomic E-state index is 0.0619. The summed E-state index contributed by atoms with van der Waals surface area (Å²) < 4.78 is 0. The molecule has 2 aromatic rings. The van der Waals surface area contributed by atoms with Gasteiger partial charge in [0.25, 0.3) is 0 Å². The Morgan fingerprint density at radius 3 is 2.72 bits per heavy atom. The van der Waals surface area contributed by atoms with Crippen LogP contribution < -0.4 is 0 Å². The zero-order chi connectivity index (χ0) is 13.3. The van der Waals surface area contributed by atoms with Crippen molar-refractivity contribution in [3.8, 4) is 11.3 Å². The third-order valence-corrected chi connectivity index (χ3v) is 2.91. The second-order valence-electron chi connectivity index (χ2n) is 3.67. The zero-order valence-corrected chi connectivity index (χ0v) is 10.8. The van der Waals surface area contributed by atoms with Crippen molar-refractivity contribution in [3.05, 3.63) is 45.8 Å². The van der Waals surface area contributed by atoms with Crippen molar-refractivity contribution in [2.24, 2.45) is 0 Å². The average Bonchev–Trinajstić information content (AvgIpc) is 2.33. The van der Waals surface area contributed by atoms with Crippen molar-refractivity contribution in [1.29, 1.82) is 0 Å². The van der Waals surface area contributed by atoms with Gasteiger partial charge in [-0.25, -0.2) is 14.8 Å². The van der Waals surface area contributed by atoms with Gasteiger partial charge in [0.2, 0.25) is 5.28 Å². The molecule has 0 aliphatic rings. The largest absolute Gasteiger partial charge is 0.478 e. The summed E-state index contributed by atoms with van der Waals surface area (Å²) in [6.45, 7) is 1.72. The molecule has 4 nitrogen and oxygen atoms in total. The Kier molecular flexibility index (Phi) is 3.50. The number of aromatic carboxylic acids is 1. The lowest BCUT2D eigenvalue weighted by molar-refractivity contribution is 0.0696. The van der Waals surface area contributed by atoms with Crippen molar-refractivity contribution in [2.45, 2.75) is 6.92 Å². The van der Waals surface area contributed by atoms with E-state index in [9.17, 15) is 4.79 Å². The first-order valence-electron chi connectivity index (χ1n) is 5.01. The van der Waals surface area contributed by atoms with Gasteiger partial charge >= 0.3 is 5.97 Å². The van der Waals surface area contributed by atoms with E-state index < -0.39 is 5.97 Å². The third-order valence-electron chi connectivity index (χ3n) is 2.46. The molecule has 0 saturated carbocycles. The molecule has 6 heteroatoms. The second-order valence-corrected chi connectivity index (χ2v) is 4.42. The highest BCUT2D eigenvalue weighted by Gasteiger charge is 2.12. The lowest BCUT2D eigenvalue weighted by atomic mass is 10.0. The molecule has 0 spiro atoms. The summed E-state index contributed by atoms with van der Waals surface area (Å²) in [5.74, 6) is -0.995. The first-order chi connectivity index (χ1) is 8.49. The maximum atomic E-state index is 11.1. The molecule has 92 valence electrons. The SMILES string of the molecule is Cc1ccc(-c2nc(Cl)ncc2Cl)cc1C(=O)O. The van der Waals surface area contributed by atoms with Crippen molar-refractivity contribution in [3.63, 3.8) is 0 Å². The standard InChI is InChI=1S/C12H8Cl2N2O2/c1-6-2-3-7(4-8(6)11(17)18)10-9(13)5-15-12(14)16-10/h2-5H,1H3,(H,17,18). The van der Waals surface area contributed by atoms with E-state index in [0.717, 1.165) is 0 Å². The molecule has 0 aliphatic heterocycles. The maximum absolute atomic E-state index is 11.1. The van der Waals surface area contributed by atoms with Gasteiger partial charge in [0.1, 0.15) is 0 Å². The van der Waals surface area contributed by atoms with Gasteiger partial charge in [-0.15, -0.1) is 0 Å². The molecule has 0 fully saturated rings. The Bertz CT molecular complexity index is 629. The highest BCUT2D eigenvalue weighted by Crippen LogP contribution is 2.27. The predicted molar refractivity (Wildman–Crippen MR) is 69.2 cm³/mol. The smallest absolute Gasteiger partial charge is 0.335 e. The molecule has 0 atom stereocenters. The molecule has 1 aromatic heterocycles. The van der Waals surface area contributed by atoms with Crippen LogP contribution in [0.15, 0.2) is 24.4 Å². The fourth-order valence-corrected chi connectivity index (χ4v) is 1.88.